The molecule has 1 aromatic carbocycles. The number of rotatable bonds is 4. The minimum atomic E-state index is -0.196. The van der Waals surface area contributed by atoms with E-state index >= 15 is 0 Å². The van der Waals surface area contributed by atoms with Gasteiger partial charge in [-0.2, -0.15) is 0 Å². The lowest BCUT2D eigenvalue weighted by Gasteiger charge is -2.20. The van der Waals surface area contributed by atoms with Crippen molar-refractivity contribution >= 4 is 0 Å². The summed E-state index contributed by atoms with van der Waals surface area (Å²) < 4.78 is 19.4. The zero-order valence-electron chi connectivity index (χ0n) is 12.8. The Balaban J connectivity index is 2.55. The topological polar surface area (TPSA) is 25.2 Å². The maximum atomic E-state index is 13.7. The molecule has 0 saturated carbocycles. The minimum absolute atomic E-state index is 0.0353. The summed E-state index contributed by atoms with van der Waals surface area (Å²) in [6.45, 7) is 10.8. The number of nitrogens with one attached hydrogen (secondary N) is 1. The lowest BCUT2D eigenvalue weighted by Crippen LogP contribution is -2.23. The van der Waals surface area contributed by atoms with E-state index in [0.29, 0.717) is 0 Å². The Labute approximate surface area is 120 Å². The van der Waals surface area contributed by atoms with Gasteiger partial charge in [0.05, 0.1) is 6.04 Å². The van der Waals surface area contributed by atoms with Crippen molar-refractivity contribution in [2.24, 2.45) is 0 Å². The second-order valence-electron chi connectivity index (χ2n) is 5.31. The number of hydrogen-bond donors (Lipinski definition) is 1. The molecule has 0 fully saturated rings. The van der Waals surface area contributed by atoms with E-state index in [0.717, 1.165) is 40.3 Å². The second kappa shape index (κ2) is 5.80. The van der Waals surface area contributed by atoms with Crippen molar-refractivity contribution in [2.45, 2.75) is 40.7 Å². The molecule has 1 aromatic heterocycles. The smallest absolute Gasteiger partial charge is 0.123 e. The van der Waals surface area contributed by atoms with Gasteiger partial charge < -0.3 is 9.73 Å². The molecule has 2 aromatic rings. The van der Waals surface area contributed by atoms with Gasteiger partial charge >= 0.3 is 0 Å². The highest BCUT2D eigenvalue weighted by molar-refractivity contribution is 5.41. The summed E-state index contributed by atoms with van der Waals surface area (Å²) in [7, 11) is 0. The van der Waals surface area contributed by atoms with Gasteiger partial charge in [-0.15, -0.1) is 0 Å². The van der Waals surface area contributed by atoms with E-state index in [1.807, 2.05) is 26.8 Å². The maximum absolute atomic E-state index is 13.7. The van der Waals surface area contributed by atoms with Crippen LogP contribution in [0.3, 0.4) is 0 Å². The first-order valence-electron chi connectivity index (χ1n) is 7.01. The van der Waals surface area contributed by atoms with Crippen molar-refractivity contribution in [3.8, 4) is 0 Å². The Morgan fingerprint density at radius 3 is 2.30 bits per heavy atom. The molecule has 0 amide bonds. The van der Waals surface area contributed by atoms with Crippen molar-refractivity contribution in [1.82, 2.24) is 5.32 Å². The molecule has 0 bridgehead atoms. The third kappa shape index (κ3) is 2.78. The number of hydrogen-bond acceptors (Lipinski definition) is 2. The van der Waals surface area contributed by atoms with Crippen LogP contribution in [0.5, 0.6) is 0 Å². The molecule has 3 heteroatoms. The van der Waals surface area contributed by atoms with E-state index in [9.17, 15) is 4.39 Å². The molecule has 0 aliphatic rings. The number of aryl methyl sites for hydroxylation is 3. The number of benzene rings is 1. The average Bonchev–Trinajstić information content (AvgIpc) is 2.60. The van der Waals surface area contributed by atoms with Crippen LogP contribution in [0.2, 0.25) is 0 Å². The summed E-state index contributed by atoms with van der Waals surface area (Å²) in [6, 6.07) is 5.14. The van der Waals surface area contributed by atoms with Crippen LogP contribution >= 0.6 is 0 Å². The van der Waals surface area contributed by atoms with Gasteiger partial charge in [-0.05, 0) is 63.1 Å². The summed E-state index contributed by atoms with van der Waals surface area (Å²) in [6.07, 6.45) is 0. The van der Waals surface area contributed by atoms with E-state index < -0.39 is 0 Å². The van der Waals surface area contributed by atoms with E-state index in [1.165, 1.54) is 0 Å². The SMILES string of the molecule is CCNC(c1cc(C)cc(F)c1)c1c(C)oc(C)c1C. The quantitative estimate of drug-likeness (QED) is 0.897. The van der Waals surface area contributed by atoms with Crippen LogP contribution < -0.4 is 5.32 Å². The summed E-state index contributed by atoms with van der Waals surface area (Å²) in [4.78, 5) is 0. The summed E-state index contributed by atoms with van der Waals surface area (Å²) in [5, 5.41) is 3.44. The highest BCUT2D eigenvalue weighted by Crippen LogP contribution is 2.32. The predicted molar refractivity (Wildman–Crippen MR) is 79.6 cm³/mol. The van der Waals surface area contributed by atoms with Crippen molar-refractivity contribution < 1.29 is 8.81 Å². The van der Waals surface area contributed by atoms with Crippen molar-refractivity contribution in [3.05, 3.63) is 57.8 Å². The van der Waals surface area contributed by atoms with Crippen molar-refractivity contribution in [1.29, 1.82) is 0 Å². The van der Waals surface area contributed by atoms with Crippen LogP contribution in [-0.4, -0.2) is 6.54 Å². The molecular formula is C17H22FNO. The summed E-state index contributed by atoms with van der Waals surface area (Å²) in [5.41, 5.74) is 4.12. The van der Waals surface area contributed by atoms with Gasteiger partial charge in [0.25, 0.3) is 0 Å². The molecule has 2 rings (SSSR count). The molecule has 0 spiro atoms. The third-order valence-electron chi connectivity index (χ3n) is 3.71. The second-order valence-corrected chi connectivity index (χ2v) is 5.31. The first-order valence-corrected chi connectivity index (χ1v) is 7.01. The number of furan rings is 1. The Kier molecular flexibility index (Phi) is 4.29. The molecule has 20 heavy (non-hydrogen) atoms. The van der Waals surface area contributed by atoms with Crippen molar-refractivity contribution in [3.63, 3.8) is 0 Å². The molecule has 2 nitrogen and oxygen atoms in total. The average molecular weight is 275 g/mol. The highest BCUT2D eigenvalue weighted by Gasteiger charge is 2.22. The lowest BCUT2D eigenvalue weighted by atomic mass is 9.94. The molecule has 1 atom stereocenters. The monoisotopic (exact) mass is 275 g/mol. The Morgan fingerprint density at radius 2 is 1.80 bits per heavy atom. The first-order chi connectivity index (χ1) is 9.43. The zero-order chi connectivity index (χ0) is 14.9. The fraction of sp³-hybridized carbons (Fsp3) is 0.412. The largest absolute Gasteiger partial charge is 0.466 e. The van der Waals surface area contributed by atoms with Crippen LogP contribution in [0.25, 0.3) is 0 Å². The van der Waals surface area contributed by atoms with Gasteiger partial charge in [-0.3, -0.25) is 0 Å². The lowest BCUT2D eigenvalue weighted by molar-refractivity contribution is 0.493. The molecule has 0 aliphatic heterocycles. The Bertz CT molecular complexity index is 595. The van der Waals surface area contributed by atoms with E-state index in [1.54, 1.807) is 12.1 Å². The van der Waals surface area contributed by atoms with Gasteiger partial charge in [0.1, 0.15) is 17.3 Å². The molecule has 1 N–H and O–H groups in total. The van der Waals surface area contributed by atoms with Crippen LogP contribution in [0.1, 0.15) is 46.7 Å². The molecule has 1 unspecified atom stereocenters. The van der Waals surface area contributed by atoms with Crippen LogP contribution in [0, 0.1) is 33.5 Å². The van der Waals surface area contributed by atoms with Crippen molar-refractivity contribution in [2.75, 3.05) is 6.54 Å². The van der Waals surface area contributed by atoms with Crippen LogP contribution in [0.15, 0.2) is 22.6 Å². The predicted octanol–water partition coefficient (Wildman–Crippen LogP) is 4.35. The standard InChI is InChI=1S/C17H22FNO/c1-6-19-17(14-7-10(2)8-15(18)9-14)16-11(3)12(4)20-13(16)5/h7-9,17,19H,6H2,1-5H3. The van der Waals surface area contributed by atoms with Gasteiger partial charge in [-0.1, -0.05) is 13.0 Å². The first kappa shape index (κ1) is 14.8. The number of halogens is 1. The van der Waals surface area contributed by atoms with Gasteiger partial charge in [0.15, 0.2) is 0 Å². The molecule has 108 valence electrons. The molecular weight excluding hydrogens is 253 g/mol. The molecule has 0 radical (unpaired) electrons. The molecule has 1 heterocycles. The molecule has 0 aliphatic carbocycles. The van der Waals surface area contributed by atoms with E-state index in [2.05, 4.69) is 19.2 Å². The van der Waals surface area contributed by atoms with Gasteiger partial charge in [-0.25, -0.2) is 4.39 Å². The van der Waals surface area contributed by atoms with Gasteiger partial charge in [0, 0.05) is 5.56 Å². The highest BCUT2D eigenvalue weighted by atomic mass is 19.1. The fourth-order valence-electron chi connectivity index (χ4n) is 2.76. The van der Waals surface area contributed by atoms with Crippen LogP contribution in [-0.2, 0) is 0 Å². The summed E-state index contributed by atoms with van der Waals surface area (Å²) >= 11 is 0. The fourth-order valence-corrected chi connectivity index (χ4v) is 2.76. The van der Waals surface area contributed by atoms with E-state index in [4.69, 9.17) is 4.42 Å². The zero-order valence-corrected chi connectivity index (χ0v) is 12.8. The minimum Gasteiger partial charge on any atom is -0.466 e. The van der Waals surface area contributed by atoms with E-state index in [-0.39, 0.29) is 11.9 Å². The Morgan fingerprint density at radius 1 is 1.10 bits per heavy atom. The Hall–Kier alpha value is -1.61. The van der Waals surface area contributed by atoms with Gasteiger partial charge in [0.2, 0.25) is 0 Å². The van der Waals surface area contributed by atoms with Crippen LogP contribution in [0.4, 0.5) is 4.39 Å². The maximum Gasteiger partial charge on any atom is 0.123 e. The normalized spacial score (nSPS) is 12.7. The third-order valence-corrected chi connectivity index (χ3v) is 3.71. The molecule has 0 saturated heterocycles. The summed E-state index contributed by atoms with van der Waals surface area (Å²) in [5.74, 6) is 1.62.